The van der Waals surface area contributed by atoms with E-state index >= 15 is 0 Å². The highest BCUT2D eigenvalue weighted by atomic mass is 16.5. The number of nitrogens with one attached hydrogen (secondary N) is 1. The number of piperidine rings is 1. The zero-order valence-corrected chi connectivity index (χ0v) is 20.0. The number of hydrogen-bond acceptors (Lipinski definition) is 6. The van der Waals surface area contributed by atoms with Gasteiger partial charge in [-0.05, 0) is 43.2 Å². The summed E-state index contributed by atoms with van der Waals surface area (Å²) in [6, 6.07) is 6.13. The second kappa shape index (κ2) is 8.30. The molecule has 4 aromatic rings. The van der Waals surface area contributed by atoms with Gasteiger partial charge in [-0.25, -0.2) is 4.68 Å². The molecule has 0 spiro atoms. The Balaban J connectivity index is 1.55. The van der Waals surface area contributed by atoms with Gasteiger partial charge >= 0.3 is 0 Å². The summed E-state index contributed by atoms with van der Waals surface area (Å²) >= 11 is 0. The number of carbonyl (C=O) groups is 1. The first-order chi connectivity index (χ1) is 17.0. The van der Waals surface area contributed by atoms with Gasteiger partial charge < -0.3 is 14.4 Å². The summed E-state index contributed by atoms with van der Waals surface area (Å²) in [4.78, 5) is 14.7. The molecule has 35 heavy (non-hydrogen) atoms. The van der Waals surface area contributed by atoms with E-state index in [9.17, 15) is 4.79 Å². The quantitative estimate of drug-likeness (QED) is 0.480. The molecule has 3 aromatic heterocycles. The van der Waals surface area contributed by atoms with Crippen LogP contribution in [0.5, 0.6) is 11.8 Å². The van der Waals surface area contributed by atoms with Gasteiger partial charge in [0.2, 0.25) is 17.7 Å². The molecule has 1 aromatic carbocycles. The highest BCUT2D eigenvalue weighted by molar-refractivity contribution is 5.93. The Hall–Kier alpha value is -4.08. The van der Waals surface area contributed by atoms with Crippen molar-refractivity contribution >= 4 is 29.0 Å². The third kappa shape index (κ3) is 3.65. The standard InChI is InChI=1S/C25H27N7O3/c1-4-34-24-17-7-9-21-18-11-15(5-8-20(18)27-28-21)19-12-26-31(3)25(19)35-16-6-10-23(33)32(13-16)14-22(17)30(2)29-24/h5,7-9,11-12,16H,4,6,10,13-14H2,1-3H3,(H,27,28)/b9-7+/t16-/m0/s1. The van der Waals surface area contributed by atoms with E-state index in [0.717, 1.165) is 39.0 Å². The van der Waals surface area contributed by atoms with Crippen molar-refractivity contribution in [2.24, 2.45) is 14.1 Å². The van der Waals surface area contributed by atoms with Gasteiger partial charge in [0.25, 0.3) is 0 Å². The monoisotopic (exact) mass is 473 g/mol. The van der Waals surface area contributed by atoms with Gasteiger partial charge in [0.1, 0.15) is 6.10 Å². The third-order valence-electron chi connectivity index (χ3n) is 6.73. The Labute approximate surface area is 202 Å². The first kappa shape index (κ1) is 21.5. The highest BCUT2D eigenvalue weighted by Crippen LogP contribution is 2.35. The van der Waals surface area contributed by atoms with Crippen LogP contribution in [0.3, 0.4) is 0 Å². The predicted molar refractivity (Wildman–Crippen MR) is 131 cm³/mol. The van der Waals surface area contributed by atoms with E-state index < -0.39 is 0 Å². The largest absolute Gasteiger partial charge is 0.476 e. The van der Waals surface area contributed by atoms with E-state index in [4.69, 9.17) is 9.47 Å². The Kier molecular flexibility index (Phi) is 5.09. The Morgan fingerprint density at radius 1 is 1.23 bits per heavy atom. The summed E-state index contributed by atoms with van der Waals surface area (Å²) in [5.74, 6) is 1.35. The van der Waals surface area contributed by atoms with E-state index in [2.05, 4.69) is 26.5 Å². The summed E-state index contributed by atoms with van der Waals surface area (Å²) in [5.41, 5.74) is 5.40. The van der Waals surface area contributed by atoms with E-state index in [0.29, 0.717) is 44.3 Å². The number of amides is 1. The summed E-state index contributed by atoms with van der Waals surface area (Å²) in [7, 11) is 3.76. The molecular weight excluding hydrogens is 446 g/mol. The lowest BCUT2D eigenvalue weighted by molar-refractivity contribution is -0.137. The van der Waals surface area contributed by atoms with Crippen LogP contribution in [0.4, 0.5) is 0 Å². The van der Waals surface area contributed by atoms with E-state index in [1.165, 1.54) is 0 Å². The molecular formula is C25H27N7O3. The number of aromatic nitrogens is 6. The normalized spacial score (nSPS) is 18.5. The molecule has 0 aliphatic carbocycles. The maximum atomic E-state index is 12.9. The first-order valence-electron chi connectivity index (χ1n) is 11.8. The van der Waals surface area contributed by atoms with Crippen LogP contribution in [0.15, 0.2) is 24.4 Å². The van der Waals surface area contributed by atoms with Crippen LogP contribution in [0.1, 0.15) is 36.7 Å². The number of aryl methyl sites for hydroxylation is 2. The molecule has 5 heterocycles. The SMILES string of the molecule is CCOc1nn(C)c2c1/C=C/c1[nH]nc3ccc(cc13)-c1cnn(C)c1O[C@H]1CCC(=O)N(C2)C1. The molecule has 10 nitrogen and oxygen atoms in total. The van der Waals surface area contributed by atoms with Gasteiger partial charge in [-0.15, -0.1) is 5.10 Å². The first-order valence-corrected chi connectivity index (χ1v) is 11.8. The second-order valence-electron chi connectivity index (χ2n) is 8.96. The summed E-state index contributed by atoms with van der Waals surface area (Å²) < 4.78 is 15.9. The fraction of sp³-hybridized carbons (Fsp3) is 0.360. The Bertz CT molecular complexity index is 1460. The van der Waals surface area contributed by atoms with Crippen molar-refractivity contribution in [1.29, 1.82) is 0 Å². The maximum Gasteiger partial charge on any atom is 0.240 e. The molecule has 4 bridgehead atoms. The summed E-state index contributed by atoms with van der Waals surface area (Å²) in [6.45, 7) is 3.34. The van der Waals surface area contributed by atoms with Crippen LogP contribution < -0.4 is 9.47 Å². The average Bonchev–Trinajstić information content (AvgIpc) is 3.50. The lowest BCUT2D eigenvalue weighted by Gasteiger charge is -2.33. The van der Waals surface area contributed by atoms with Crippen molar-refractivity contribution in [3.05, 3.63) is 41.3 Å². The van der Waals surface area contributed by atoms with Crippen molar-refractivity contribution in [3.8, 4) is 22.9 Å². The van der Waals surface area contributed by atoms with Crippen molar-refractivity contribution in [3.63, 3.8) is 0 Å². The molecule has 0 unspecified atom stereocenters. The molecule has 2 aliphatic heterocycles. The van der Waals surface area contributed by atoms with Crippen LogP contribution in [0.25, 0.3) is 34.2 Å². The molecule has 0 saturated carbocycles. The van der Waals surface area contributed by atoms with Crippen molar-refractivity contribution < 1.29 is 14.3 Å². The van der Waals surface area contributed by atoms with Crippen molar-refractivity contribution in [1.82, 2.24) is 34.7 Å². The van der Waals surface area contributed by atoms with Crippen LogP contribution >= 0.6 is 0 Å². The van der Waals surface area contributed by atoms with Gasteiger partial charge in [-0.2, -0.15) is 10.2 Å². The molecule has 180 valence electrons. The zero-order valence-electron chi connectivity index (χ0n) is 20.0. The number of nitrogens with zero attached hydrogens (tertiary/aromatic N) is 6. The summed E-state index contributed by atoms with van der Waals surface area (Å²) in [6.07, 6.45) is 6.76. The molecule has 6 rings (SSSR count). The van der Waals surface area contributed by atoms with E-state index in [1.54, 1.807) is 9.36 Å². The minimum absolute atomic E-state index is 0.107. The van der Waals surface area contributed by atoms with Crippen molar-refractivity contribution in [2.75, 3.05) is 13.2 Å². The summed E-state index contributed by atoms with van der Waals surface area (Å²) in [5, 5.41) is 17.7. The fourth-order valence-electron chi connectivity index (χ4n) is 4.87. The molecule has 1 fully saturated rings. The number of hydrogen-bond donors (Lipinski definition) is 1. The molecule has 1 saturated heterocycles. The molecule has 10 heteroatoms. The third-order valence-corrected chi connectivity index (χ3v) is 6.73. The maximum absolute atomic E-state index is 12.9. The number of rotatable bonds is 2. The van der Waals surface area contributed by atoms with Gasteiger partial charge in [0, 0.05) is 25.9 Å². The van der Waals surface area contributed by atoms with Crippen LogP contribution in [0, 0.1) is 0 Å². The molecule has 0 radical (unpaired) electrons. The zero-order chi connectivity index (χ0) is 24.1. The number of H-pyrrole nitrogens is 1. The number of aromatic amines is 1. The van der Waals surface area contributed by atoms with Crippen LogP contribution in [-0.2, 0) is 25.4 Å². The van der Waals surface area contributed by atoms with Gasteiger partial charge in [0.05, 0.1) is 53.9 Å². The topological polar surface area (TPSA) is 103 Å². The average molecular weight is 474 g/mol. The Morgan fingerprint density at radius 3 is 2.97 bits per heavy atom. The number of benzene rings is 1. The van der Waals surface area contributed by atoms with E-state index in [-0.39, 0.29) is 12.0 Å². The van der Waals surface area contributed by atoms with Gasteiger partial charge in [0.15, 0.2) is 0 Å². The minimum Gasteiger partial charge on any atom is -0.476 e. The lowest BCUT2D eigenvalue weighted by Crippen LogP contribution is -2.44. The lowest BCUT2D eigenvalue weighted by atomic mass is 10.0. The number of carbonyl (C=O) groups excluding carboxylic acids is 1. The molecule has 1 atom stereocenters. The number of fused-ring (bicyclic) bond motifs is 6. The minimum atomic E-state index is -0.140. The van der Waals surface area contributed by atoms with Gasteiger partial charge in [-0.1, -0.05) is 6.07 Å². The Morgan fingerprint density at radius 2 is 2.11 bits per heavy atom. The predicted octanol–water partition coefficient (Wildman–Crippen LogP) is 3.15. The number of ether oxygens (including phenoxy) is 2. The van der Waals surface area contributed by atoms with Crippen molar-refractivity contribution in [2.45, 2.75) is 32.4 Å². The van der Waals surface area contributed by atoms with E-state index in [1.807, 2.05) is 56.4 Å². The molecule has 1 N–H and O–H groups in total. The second-order valence-corrected chi connectivity index (χ2v) is 8.96. The molecule has 1 amide bonds. The van der Waals surface area contributed by atoms with Crippen LogP contribution in [-0.4, -0.2) is 59.8 Å². The molecule has 2 aliphatic rings. The van der Waals surface area contributed by atoms with Gasteiger partial charge in [-0.3, -0.25) is 14.6 Å². The fourth-order valence-corrected chi connectivity index (χ4v) is 4.87. The highest BCUT2D eigenvalue weighted by Gasteiger charge is 2.30. The van der Waals surface area contributed by atoms with Crippen LogP contribution in [0.2, 0.25) is 0 Å². The smallest absolute Gasteiger partial charge is 0.240 e.